The fraction of sp³-hybridized carbons (Fsp3) is 0.231. The largest absolute Gasteiger partial charge is 0.493 e. The molecule has 1 aromatic heterocycles. The van der Waals surface area contributed by atoms with Crippen LogP contribution in [0.25, 0.3) is 11.0 Å². The molecule has 1 heterocycles. The van der Waals surface area contributed by atoms with Crippen LogP contribution in [0.15, 0.2) is 72.8 Å². The molecule has 0 saturated heterocycles. The highest BCUT2D eigenvalue weighted by atomic mass is 35.5. The van der Waals surface area contributed by atoms with E-state index in [0.29, 0.717) is 23.7 Å². The summed E-state index contributed by atoms with van der Waals surface area (Å²) in [6.07, 6.45) is 1.87. The summed E-state index contributed by atoms with van der Waals surface area (Å²) >= 11 is 6.16. The number of ether oxygens (including phenoxy) is 1. The van der Waals surface area contributed by atoms with Crippen molar-refractivity contribution >= 4 is 28.5 Å². The lowest BCUT2D eigenvalue weighted by molar-refractivity contribution is 0.0949. The third-order valence-electron chi connectivity index (χ3n) is 5.39. The molecule has 4 rings (SSSR count). The topological polar surface area (TPSA) is 56.1 Å². The van der Waals surface area contributed by atoms with E-state index < -0.39 is 0 Å². The molecule has 4 aromatic rings. The van der Waals surface area contributed by atoms with Gasteiger partial charge >= 0.3 is 0 Å². The first-order chi connectivity index (χ1) is 15.6. The number of rotatable bonds is 9. The number of para-hydroxylation sites is 3. The van der Waals surface area contributed by atoms with Crippen LogP contribution in [-0.4, -0.2) is 22.1 Å². The second kappa shape index (κ2) is 10.3. The molecular formula is C26H26ClN3O2. The number of unbranched alkanes of at least 4 members (excludes halogenated alkanes) is 1. The number of hydrogen-bond acceptors (Lipinski definition) is 3. The average molecular weight is 448 g/mol. The van der Waals surface area contributed by atoms with Gasteiger partial charge in [-0.15, -0.1) is 0 Å². The van der Waals surface area contributed by atoms with Gasteiger partial charge in [-0.2, -0.15) is 0 Å². The molecule has 6 heteroatoms. The number of carbonyl (C=O) groups is 1. The summed E-state index contributed by atoms with van der Waals surface area (Å²) in [5.41, 5.74) is 3.59. The molecule has 0 bridgehead atoms. The van der Waals surface area contributed by atoms with Crippen molar-refractivity contribution in [3.8, 4) is 5.75 Å². The Hall–Kier alpha value is -3.31. The van der Waals surface area contributed by atoms with Gasteiger partial charge in [-0.25, -0.2) is 4.98 Å². The number of nitrogens with one attached hydrogen (secondary N) is 1. The summed E-state index contributed by atoms with van der Waals surface area (Å²) in [6.45, 7) is 3.85. The summed E-state index contributed by atoms with van der Waals surface area (Å²) in [5.74, 6) is 1.55. The molecule has 0 radical (unpaired) electrons. The number of nitrogens with zero attached hydrogens (tertiary/aromatic N) is 2. The van der Waals surface area contributed by atoms with Crippen molar-refractivity contribution in [2.45, 2.75) is 32.9 Å². The quantitative estimate of drug-likeness (QED) is 0.330. The molecule has 0 saturated carbocycles. The number of hydrogen-bond donors (Lipinski definition) is 1. The van der Waals surface area contributed by atoms with Crippen molar-refractivity contribution in [2.24, 2.45) is 0 Å². The second-order valence-corrected chi connectivity index (χ2v) is 8.06. The van der Waals surface area contributed by atoms with Gasteiger partial charge in [-0.1, -0.05) is 54.1 Å². The number of halogens is 1. The van der Waals surface area contributed by atoms with E-state index in [-0.39, 0.29) is 5.91 Å². The van der Waals surface area contributed by atoms with E-state index >= 15 is 0 Å². The summed E-state index contributed by atoms with van der Waals surface area (Å²) in [7, 11) is 0. The summed E-state index contributed by atoms with van der Waals surface area (Å²) in [4.78, 5) is 17.3. The summed E-state index contributed by atoms with van der Waals surface area (Å²) in [6, 6.07) is 23.1. The fourth-order valence-electron chi connectivity index (χ4n) is 3.68. The van der Waals surface area contributed by atoms with Gasteiger partial charge in [0, 0.05) is 6.54 Å². The van der Waals surface area contributed by atoms with Crippen LogP contribution in [0.3, 0.4) is 0 Å². The zero-order chi connectivity index (χ0) is 22.3. The highest BCUT2D eigenvalue weighted by molar-refractivity contribution is 6.33. The monoisotopic (exact) mass is 447 g/mol. The van der Waals surface area contributed by atoms with Crippen LogP contribution < -0.4 is 10.1 Å². The van der Waals surface area contributed by atoms with Crippen LogP contribution in [0.1, 0.15) is 34.6 Å². The first kappa shape index (κ1) is 21.9. The maximum Gasteiger partial charge on any atom is 0.253 e. The standard InChI is InChI=1S/C26H26ClN3O2/c1-19-10-2-7-15-24(19)32-17-9-8-16-30-23-14-6-5-13-22(23)29-25(30)18-28-26(31)20-11-3-4-12-21(20)27/h2-7,10-15H,8-9,16-18H2,1H3,(H,28,31). The van der Waals surface area contributed by atoms with Gasteiger partial charge in [0.2, 0.25) is 0 Å². The highest BCUT2D eigenvalue weighted by Gasteiger charge is 2.14. The number of aryl methyl sites for hydroxylation is 2. The molecule has 0 fully saturated rings. The van der Waals surface area contributed by atoms with Gasteiger partial charge in [0.05, 0.1) is 34.8 Å². The lowest BCUT2D eigenvalue weighted by atomic mass is 10.2. The van der Waals surface area contributed by atoms with Crippen molar-refractivity contribution in [1.82, 2.24) is 14.9 Å². The molecule has 0 aliphatic heterocycles. The van der Waals surface area contributed by atoms with Gasteiger partial charge in [0.25, 0.3) is 5.91 Å². The predicted octanol–water partition coefficient (Wildman–Crippen LogP) is 5.79. The van der Waals surface area contributed by atoms with Crippen LogP contribution >= 0.6 is 11.6 Å². The molecule has 1 N–H and O–H groups in total. The smallest absolute Gasteiger partial charge is 0.253 e. The highest BCUT2D eigenvalue weighted by Crippen LogP contribution is 2.19. The number of imidazole rings is 1. The third kappa shape index (κ3) is 5.11. The average Bonchev–Trinajstić information content (AvgIpc) is 3.16. The third-order valence-corrected chi connectivity index (χ3v) is 5.72. The van der Waals surface area contributed by atoms with E-state index in [1.165, 1.54) is 0 Å². The maximum absolute atomic E-state index is 12.6. The molecule has 0 spiro atoms. The van der Waals surface area contributed by atoms with E-state index in [4.69, 9.17) is 21.3 Å². The number of amides is 1. The Morgan fingerprint density at radius 3 is 2.59 bits per heavy atom. The Balaban J connectivity index is 1.39. The number of aromatic nitrogens is 2. The van der Waals surface area contributed by atoms with Crippen LogP contribution in [0.4, 0.5) is 0 Å². The van der Waals surface area contributed by atoms with Crippen molar-refractivity contribution in [3.63, 3.8) is 0 Å². The Kier molecular flexibility index (Phi) is 7.07. The normalized spacial score (nSPS) is 10.9. The number of carbonyl (C=O) groups excluding carboxylic acids is 1. The first-order valence-corrected chi connectivity index (χ1v) is 11.2. The minimum atomic E-state index is -0.208. The van der Waals surface area contributed by atoms with Crippen molar-refractivity contribution in [1.29, 1.82) is 0 Å². The Labute approximate surface area is 193 Å². The van der Waals surface area contributed by atoms with Gasteiger partial charge in [0.15, 0.2) is 0 Å². The van der Waals surface area contributed by atoms with E-state index in [1.54, 1.807) is 24.3 Å². The number of fused-ring (bicyclic) bond motifs is 1. The second-order valence-electron chi connectivity index (χ2n) is 7.65. The van der Waals surface area contributed by atoms with E-state index in [9.17, 15) is 4.79 Å². The molecule has 0 atom stereocenters. The van der Waals surface area contributed by atoms with Crippen LogP contribution in [0, 0.1) is 6.92 Å². The lowest BCUT2D eigenvalue weighted by Gasteiger charge is -2.12. The van der Waals surface area contributed by atoms with Gasteiger partial charge in [0.1, 0.15) is 11.6 Å². The first-order valence-electron chi connectivity index (χ1n) is 10.8. The van der Waals surface area contributed by atoms with Crippen molar-refractivity contribution in [3.05, 3.63) is 94.8 Å². The van der Waals surface area contributed by atoms with Crippen LogP contribution in [-0.2, 0) is 13.1 Å². The lowest BCUT2D eigenvalue weighted by Crippen LogP contribution is -2.25. The van der Waals surface area contributed by atoms with Crippen molar-refractivity contribution < 1.29 is 9.53 Å². The Bertz CT molecular complexity index is 1220. The molecule has 0 aliphatic rings. The molecule has 1 amide bonds. The molecule has 0 aliphatic carbocycles. The Morgan fingerprint density at radius 2 is 1.75 bits per heavy atom. The zero-order valence-corrected chi connectivity index (χ0v) is 18.8. The Morgan fingerprint density at radius 1 is 1.00 bits per heavy atom. The SMILES string of the molecule is Cc1ccccc1OCCCCn1c(CNC(=O)c2ccccc2Cl)nc2ccccc21. The zero-order valence-electron chi connectivity index (χ0n) is 18.1. The van der Waals surface area contributed by atoms with Crippen LogP contribution in [0.2, 0.25) is 5.02 Å². The molecule has 3 aromatic carbocycles. The molecule has 32 heavy (non-hydrogen) atoms. The molecule has 5 nitrogen and oxygen atoms in total. The van der Waals surface area contributed by atoms with Crippen LogP contribution in [0.5, 0.6) is 5.75 Å². The van der Waals surface area contributed by atoms with Crippen molar-refractivity contribution in [2.75, 3.05) is 6.61 Å². The molecular weight excluding hydrogens is 422 g/mol. The summed E-state index contributed by atoms with van der Waals surface area (Å²) < 4.78 is 8.10. The minimum absolute atomic E-state index is 0.208. The minimum Gasteiger partial charge on any atom is -0.493 e. The number of benzene rings is 3. The van der Waals surface area contributed by atoms with Gasteiger partial charge in [-0.05, 0) is 55.7 Å². The summed E-state index contributed by atoms with van der Waals surface area (Å²) in [5, 5.41) is 3.39. The molecule has 164 valence electrons. The fourth-order valence-corrected chi connectivity index (χ4v) is 3.90. The predicted molar refractivity (Wildman–Crippen MR) is 128 cm³/mol. The van der Waals surface area contributed by atoms with Gasteiger partial charge in [-0.3, -0.25) is 4.79 Å². The van der Waals surface area contributed by atoms with E-state index in [1.807, 2.05) is 36.4 Å². The van der Waals surface area contributed by atoms with E-state index in [0.717, 1.165) is 47.6 Å². The van der Waals surface area contributed by atoms with E-state index in [2.05, 4.69) is 28.9 Å². The maximum atomic E-state index is 12.6. The molecule has 0 unspecified atom stereocenters. The van der Waals surface area contributed by atoms with Gasteiger partial charge < -0.3 is 14.6 Å².